The highest BCUT2D eigenvalue weighted by Crippen LogP contribution is 2.22. The first kappa shape index (κ1) is 53.5. The maximum Gasteiger partial charge on any atom is 0.308 e. The summed E-state index contributed by atoms with van der Waals surface area (Å²) < 4.78 is 11.2. The van der Waals surface area contributed by atoms with E-state index in [9.17, 15) is 33.6 Å². The summed E-state index contributed by atoms with van der Waals surface area (Å²) in [6.07, 6.45) is 6.69. The molecule has 1 fully saturated rings. The molecule has 1 aliphatic heterocycles. The monoisotopic (exact) mass is 998 g/mol. The number of amides is 5. The first-order chi connectivity index (χ1) is 30.5. The summed E-state index contributed by atoms with van der Waals surface area (Å²) in [6.45, 7) is 11.4. The molecule has 0 bridgehead atoms. The number of alkyl halides is 1. The van der Waals surface area contributed by atoms with E-state index in [0.29, 0.717) is 32.7 Å². The van der Waals surface area contributed by atoms with Gasteiger partial charge in [-0.3, -0.25) is 38.5 Å². The number of ketones is 1. The highest BCUT2D eigenvalue weighted by molar-refractivity contribution is 14.1. The lowest BCUT2D eigenvalue weighted by molar-refractivity contribution is -0.164. The third kappa shape index (κ3) is 19.5. The minimum absolute atomic E-state index is 0.00303. The van der Waals surface area contributed by atoms with Crippen LogP contribution in [0.15, 0.2) is 60.7 Å². The van der Waals surface area contributed by atoms with Gasteiger partial charge in [0.25, 0.3) is 0 Å². The molecule has 16 heteroatoms. The minimum Gasteiger partial charge on any atom is -0.450 e. The molecule has 2 aromatic carbocycles. The Balaban J connectivity index is 1.84. The number of carbonyl (C=O) groups excluding carboxylic acids is 7. The Morgan fingerprint density at radius 3 is 1.89 bits per heavy atom. The van der Waals surface area contributed by atoms with Gasteiger partial charge in [-0.1, -0.05) is 111 Å². The first-order valence-electron chi connectivity index (χ1n) is 22.1. The minimum atomic E-state index is -1.63. The summed E-state index contributed by atoms with van der Waals surface area (Å²) in [5.74, 6) is -1.37. The Bertz CT molecular complexity index is 1870. The highest BCUT2D eigenvalue weighted by Gasteiger charge is 2.42. The van der Waals surface area contributed by atoms with Crippen molar-refractivity contribution < 1.29 is 43.0 Å². The van der Waals surface area contributed by atoms with Gasteiger partial charge in [-0.25, -0.2) is 0 Å². The molecule has 0 saturated carbocycles. The number of esters is 1. The maximum absolute atomic E-state index is 14.4. The largest absolute Gasteiger partial charge is 0.450 e. The molecule has 5 amide bonds. The number of carbonyl (C=O) groups is 7. The van der Waals surface area contributed by atoms with Crippen molar-refractivity contribution in [3.63, 3.8) is 0 Å². The molecular weight excluding hydrogens is 931 g/mol. The van der Waals surface area contributed by atoms with E-state index in [2.05, 4.69) is 32.5 Å². The highest BCUT2D eigenvalue weighted by atomic mass is 127. The molecule has 1 aliphatic rings. The summed E-state index contributed by atoms with van der Waals surface area (Å²) in [4.78, 5) is 97.3. The van der Waals surface area contributed by atoms with E-state index < -0.39 is 59.2 Å². The number of ether oxygens (including phenoxy) is 2. The van der Waals surface area contributed by atoms with Crippen molar-refractivity contribution in [2.24, 2.45) is 11.8 Å². The van der Waals surface area contributed by atoms with Gasteiger partial charge in [-0.15, -0.1) is 12.3 Å². The van der Waals surface area contributed by atoms with Gasteiger partial charge in [0, 0.05) is 43.3 Å². The van der Waals surface area contributed by atoms with Crippen LogP contribution in [-0.2, 0) is 55.9 Å². The number of nitrogens with zero attached hydrogens (tertiary/aromatic N) is 1. The van der Waals surface area contributed by atoms with Crippen LogP contribution in [0, 0.1) is 24.2 Å². The number of benzene rings is 2. The molecule has 0 spiro atoms. The van der Waals surface area contributed by atoms with Crippen LogP contribution in [0.3, 0.4) is 0 Å². The van der Waals surface area contributed by atoms with Gasteiger partial charge in [-0.2, -0.15) is 0 Å². The zero-order chi connectivity index (χ0) is 47.1. The summed E-state index contributed by atoms with van der Waals surface area (Å²) in [5, 5.41) is 14.2. The predicted octanol–water partition coefficient (Wildman–Crippen LogP) is 3.45. The van der Waals surface area contributed by atoms with E-state index in [1.807, 2.05) is 116 Å². The zero-order valence-electron chi connectivity index (χ0n) is 37.9. The summed E-state index contributed by atoms with van der Waals surface area (Å²) in [7, 11) is 0. The maximum atomic E-state index is 14.4. The summed E-state index contributed by atoms with van der Waals surface area (Å²) in [5.41, 5.74) is 0.0933. The smallest absolute Gasteiger partial charge is 0.308 e. The summed E-state index contributed by atoms with van der Waals surface area (Å²) >= 11 is 1.96. The number of nitrogens with one attached hydrogen (secondary N) is 5. The molecule has 2 aromatic rings. The van der Waals surface area contributed by atoms with Crippen molar-refractivity contribution >= 4 is 63.9 Å². The lowest BCUT2D eigenvalue weighted by Crippen LogP contribution is -2.60. The van der Waals surface area contributed by atoms with E-state index in [1.54, 1.807) is 0 Å². The van der Waals surface area contributed by atoms with Gasteiger partial charge in [0.2, 0.25) is 29.5 Å². The van der Waals surface area contributed by atoms with Crippen LogP contribution in [0.4, 0.5) is 0 Å². The molecule has 3 rings (SSSR count). The van der Waals surface area contributed by atoms with Crippen LogP contribution < -0.4 is 26.6 Å². The second-order valence-electron chi connectivity index (χ2n) is 17.2. The van der Waals surface area contributed by atoms with Crippen LogP contribution in [0.5, 0.6) is 0 Å². The molecule has 1 heterocycles. The molecule has 350 valence electrons. The standard InChI is InChI=1S/C48H67IN6O9/c1-7-8-19-41(56)50-23-22-43(58)64-48(6,32-49)44(59)38(28-33(2)3)52-47(62)40(30-36-17-13-10-14-18-36)54-46(61)39(29-34(4)5)53-45(60)37(21-20-35-15-11-9-12-16-35)51-42(57)31-55-24-26-63-27-25-55/h1,9-18,33-34,37-40H,8,19-32H2,2-6H3,(H,50,56)(H,51,57)(H,52,62)(H,53,60)(H,54,61)/t37-,38-,39-,40-,48+/m0/s1. The molecule has 0 aliphatic carbocycles. The van der Waals surface area contributed by atoms with Crippen molar-refractivity contribution in [3.05, 3.63) is 71.8 Å². The Labute approximate surface area is 392 Å². The van der Waals surface area contributed by atoms with E-state index >= 15 is 0 Å². The number of halogens is 1. The lowest BCUT2D eigenvalue weighted by Gasteiger charge is -2.32. The predicted molar refractivity (Wildman–Crippen MR) is 253 cm³/mol. The van der Waals surface area contributed by atoms with Gasteiger partial charge in [0.1, 0.15) is 18.1 Å². The van der Waals surface area contributed by atoms with E-state index in [0.717, 1.165) is 11.1 Å². The number of hydrogen-bond acceptors (Lipinski definition) is 10. The van der Waals surface area contributed by atoms with Crippen molar-refractivity contribution in [1.29, 1.82) is 0 Å². The van der Waals surface area contributed by atoms with E-state index in [4.69, 9.17) is 15.9 Å². The molecule has 0 unspecified atom stereocenters. The Morgan fingerprint density at radius 2 is 1.30 bits per heavy atom. The third-order valence-electron chi connectivity index (χ3n) is 10.5. The van der Waals surface area contributed by atoms with Gasteiger partial charge >= 0.3 is 5.97 Å². The second-order valence-corrected chi connectivity index (χ2v) is 17.9. The number of rotatable bonds is 27. The number of hydrogen-bond donors (Lipinski definition) is 5. The second kappa shape index (κ2) is 28.1. The fourth-order valence-corrected chi connectivity index (χ4v) is 7.63. The van der Waals surface area contributed by atoms with Gasteiger partial charge in [0.15, 0.2) is 11.4 Å². The van der Waals surface area contributed by atoms with Crippen LogP contribution in [0.2, 0.25) is 0 Å². The molecule has 0 radical (unpaired) electrons. The van der Waals surface area contributed by atoms with E-state index in [1.165, 1.54) is 6.92 Å². The van der Waals surface area contributed by atoms with E-state index in [-0.39, 0.29) is 86.1 Å². The lowest BCUT2D eigenvalue weighted by atomic mass is 9.90. The number of aryl methyl sites for hydroxylation is 1. The van der Waals surface area contributed by atoms with Crippen LogP contribution in [0.1, 0.15) is 84.3 Å². The van der Waals surface area contributed by atoms with Crippen molar-refractivity contribution in [1.82, 2.24) is 31.5 Å². The molecule has 0 aromatic heterocycles. The molecule has 64 heavy (non-hydrogen) atoms. The van der Waals surface area contributed by atoms with Gasteiger partial charge in [0.05, 0.1) is 32.2 Å². The Morgan fingerprint density at radius 1 is 0.750 bits per heavy atom. The number of morpholine rings is 1. The first-order valence-corrected chi connectivity index (χ1v) is 23.7. The van der Waals surface area contributed by atoms with Crippen LogP contribution in [-0.4, -0.2) is 120 Å². The van der Waals surface area contributed by atoms with Crippen molar-refractivity contribution in [2.75, 3.05) is 43.8 Å². The Hall–Kier alpha value is -4.86. The molecular formula is C48H67IN6O9. The average Bonchev–Trinajstić information content (AvgIpc) is 3.26. The topological polar surface area (TPSA) is 201 Å². The molecule has 1 saturated heterocycles. The summed E-state index contributed by atoms with van der Waals surface area (Å²) in [6, 6.07) is 14.4. The Kier molecular flexibility index (Phi) is 23.5. The zero-order valence-corrected chi connectivity index (χ0v) is 40.1. The average molecular weight is 999 g/mol. The van der Waals surface area contributed by atoms with Crippen molar-refractivity contribution in [3.8, 4) is 12.3 Å². The molecule has 5 N–H and O–H groups in total. The number of Topliss-reactive ketones (excluding diaryl/α,β-unsaturated/α-hetero) is 1. The fourth-order valence-electron chi connectivity index (χ4n) is 7.10. The SMILES string of the molecule is C#CCCC(=O)NCCC(=O)O[C@](C)(CI)C(=O)[C@H](CC(C)C)NC(=O)[C@H](Cc1ccccc1)NC(=O)[C@H](CC(C)C)NC(=O)[C@H](CCc1ccccc1)NC(=O)CN1CCOCC1. The van der Waals surface area contributed by atoms with Crippen molar-refractivity contribution in [2.45, 2.75) is 116 Å². The molecule has 5 atom stereocenters. The van der Waals surface area contributed by atoms with Crippen LogP contribution in [0.25, 0.3) is 0 Å². The molecule has 15 nitrogen and oxygen atoms in total. The number of terminal acetylenes is 1. The normalized spacial score (nSPS) is 15.6. The quantitative estimate of drug-likeness (QED) is 0.0382. The van der Waals surface area contributed by atoms with Crippen LogP contribution >= 0.6 is 22.6 Å². The van der Waals surface area contributed by atoms with Gasteiger partial charge < -0.3 is 36.1 Å². The third-order valence-corrected chi connectivity index (χ3v) is 12.0. The van der Waals surface area contributed by atoms with Gasteiger partial charge in [-0.05, 0) is 55.6 Å². The fraction of sp³-hybridized carbons (Fsp3) is 0.562.